The molecule has 1 heterocycles. The topological polar surface area (TPSA) is 35.0 Å². The van der Waals surface area contributed by atoms with E-state index in [0.29, 0.717) is 8.72 Å². The second-order valence-electron chi connectivity index (χ2n) is 2.66. The highest BCUT2D eigenvalue weighted by molar-refractivity contribution is 14.1. The van der Waals surface area contributed by atoms with E-state index < -0.39 is 0 Å². The molecule has 0 fully saturated rings. The van der Waals surface area contributed by atoms with E-state index in [2.05, 4.69) is 10.2 Å². The summed E-state index contributed by atoms with van der Waals surface area (Å²) in [6.45, 7) is 0. The summed E-state index contributed by atoms with van der Waals surface area (Å²) in [4.78, 5) is 0. The number of hydrogen-bond acceptors (Lipinski definition) is 3. The smallest absolute Gasteiger partial charge is 0.143 e. The highest BCUT2D eigenvalue weighted by Gasteiger charge is 2.10. The third-order valence-corrected chi connectivity index (χ3v) is 3.31. The Morgan fingerprint density at radius 2 is 2.14 bits per heavy atom. The molecule has 0 aliphatic rings. The zero-order chi connectivity index (χ0) is 10.1. The SMILES string of the molecule is COc1cccc2nnc(I)c(Cl)c12. The number of hydrogen-bond donors (Lipinski definition) is 0. The Hall–Kier alpha value is -0.620. The van der Waals surface area contributed by atoms with Crippen LogP contribution in [-0.2, 0) is 0 Å². The first kappa shape index (κ1) is 9.92. The van der Waals surface area contributed by atoms with Gasteiger partial charge in [-0.15, -0.1) is 10.2 Å². The summed E-state index contributed by atoms with van der Waals surface area (Å²) in [7, 11) is 1.61. The molecule has 0 aliphatic heterocycles. The quantitative estimate of drug-likeness (QED) is 0.758. The lowest BCUT2D eigenvalue weighted by atomic mass is 10.2. The number of benzene rings is 1. The van der Waals surface area contributed by atoms with Crippen LogP contribution in [0.3, 0.4) is 0 Å². The van der Waals surface area contributed by atoms with Crippen molar-refractivity contribution < 1.29 is 4.74 Å². The summed E-state index contributed by atoms with van der Waals surface area (Å²) in [6, 6.07) is 5.57. The fraction of sp³-hybridized carbons (Fsp3) is 0.111. The summed E-state index contributed by atoms with van der Waals surface area (Å²) in [6.07, 6.45) is 0. The molecule has 72 valence electrons. The minimum atomic E-state index is 0.591. The van der Waals surface area contributed by atoms with Crippen molar-refractivity contribution in [2.75, 3.05) is 7.11 Å². The second-order valence-corrected chi connectivity index (χ2v) is 4.06. The molecule has 0 saturated carbocycles. The lowest BCUT2D eigenvalue weighted by Crippen LogP contribution is -1.92. The first-order valence-electron chi connectivity index (χ1n) is 3.88. The molecule has 2 rings (SSSR count). The van der Waals surface area contributed by atoms with Gasteiger partial charge in [-0.1, -0.05) is 17.7 Å². The van der Waals surface area contributed by atoms with E-state index in [-0.39, 0.29) is 0 Å². The van der Waals surface area contributed by atoms with E-state index in [0.717, 1.165) is 16.7 Å². The van der Waals surface area contributed by atoms with Gasteiger partial charge in [0.05, 0.1) is 23.0 Å². The molecule has 1 aromatic carbocycles. The van der Waals surface area contributed by atoms with Crippen LogP contribution in [0.2, 0.25) is 5.02 Å². The van der Waals surface area contributed by atoms with Crippen molar-refractivity contribution in [3.63, 3.8) is 0 Å². The third kappa shape index (κ3) is 1.52. The molecule has 0 unspecified atom stereocenters. The number of methoxy groups -OCH3 is 1. The Morgan fingerprint density at radius 1 is 1.36 bits per heavy atom. The van der Waals surface area contributed by atoms with Crippen molar-refractivity contribution in [3.8, 4) is 5.75 Å². The molecule has 2 aromatic rings. The Labute approximate surface area is 99.6 Å². The average Bonchev–Trinajstić information content (AvgIpc) is 2.23. The Bertz CT molecular complexity index is 489. The van der Waals surface area contributed by atoms with Crippen molar-refractivity contribution in [3.05, 3.63) is 26.9 Å². The maximum Gasteiger partial charge on any atom is 0.143 e. The molecule has 5 heteroatoms. The van der Waals surface area contributed by atoms with Gasteiger partial charge < -0.3 is 4.74 Å². The number of fused-ring (bicyclic) bond motifs is 1. The minimum Gasteiger partial charge on any atom is -0.496 e. The van der Waals surface area contributed by atoms with Crippen molar-refractivity contribution in [1.82, 2.24) is 10.2 Å². The van der Waals surface area contributed by atoms with Gasteiger partial charge in [0.15, 0.2) is 0 Å². The molecule has 0 aliphatic carbocycles. The lowest BCUT2D eigenvalue weighted by molar-refractivity contribution is 0.419. The summed E-state index contributed by atoms with van der Waals surface area (Å²) < 4.78 is 5.89. The molecule has 0 saturated heterocycles. The number of nitrogens with zero attached hydrogens (tertiary/aromatic N) is 2. The zero-order valence-electron chi connectivity index (χ0n) is 7.29. The molecule has 3 nitrogen and oxygen atoms in total. The van der Waals surface area contributed by atoms with Crippen LogP contribution in [0, 0.1) is 3.70 Å². The van der Waals surface area contributed by atoms with Crippen LogP contribution in [0.25, 0.3) is 10.9 Å². The fourth-order valence-electron chi connectivity index (χ4n) is 1.24. The number of halogens is 2. The van der Waals surface area contributed by atoms with Gasteiger partial charge in [0.2, 0.25) is 0 Å². The monoisotopic (exact) mass is 320 g/mol. The summed E-state index contributed by atoms with van der Waals surface area (Å²) in [5, 5.41) is 9.37. The molecule has 0 radical (unpaired) electrons. The molecule has 0 N–H and O–H groups in total. The van der Waals surface area contributed by atoms with Gasteiger partial charge in [0.25, 0.3) is 0 Å². The van der Waals surface area contributed by atoms with Crippen LogP contribution in [0.4, 0.5) is 0 Å². The van der Waals surface area contributed by atoms with E-state index in [4.69, 9.17) is 16.3 Å². The van der Waals surface area contributed by atoms with Crippen LogP contribution in [0.5, 0.6) is 5.75 Å². The van der Waals surface area contributed by atoms with Crippen molar-refractivity contribution in [1.29, 1.82) is 0 Å². The molecule has 0 atom stereocenters. The predicted molar refractivity (Wildman–Crippen MR) is 63.8 cm³/mol. The van der Waals surface area contributed by atoms with E-state index in [1.54, 1.807) is 7.11 Å². The van der Waals surface area contributed by atoms with Crippen LogP contribution in [-0.4, -0.2) is 17.3 Å². The maximum atomic E-state index is 6.12. The van der Waals surface area contributed by atoms with E-state index in [1.807, 2.05) is 40.8 Å². The Balaban J connectivity index is 2.89. The summed E-state index contributed by atoms with van der Waals surface area (Å²) in [5.74, 6) is 0.723. The zero-order valence-corrected chi connectivity index (χ0v) is 10.2. The molecule has 14 heavy (non-hydrogen) atoms. The maximum absolute atomic E-state index is 6.12. The highest BCUT2D eigenvalue weighted by atomic mass is 127. The van der Waals surface area contributed by atoms with Gasteiger partial charge in [-0.05, 0) is 34.7 Å². The van der Waals surface area contributed by atoms with E-state index in [9.17, 15) is 0 Å². The Kier molecular flexibility index (Phi) is 2.73. The highest BCUT2D eigenvalue weighted by Crippen LogP contribution is 2.32. The first-order chi connectivity index (χ1) is 6.74. The van der Waals surface area contributed by atoms with Gasteiger partial charge >= 0.3 is 0 Å². The van der Waals surface area contributed by atoms with Crippen LogP contribution in [0.15, 0.2) is 18.2 Å². The fourth-order valence-corrected chi connectivity index (χ4v) is 1.84. The predicted octanol–water partition coefficient (Wildman–Crippen LogP) is 2.90. The molecular weight excluding hydrogens is 314 g/mol. The minimum absolute atomic E-state index is 0.591. The third-order valence-electron chi connectivity index (χ3n) is 1.87. The van der Waals surface area contributed by atoms with Crippen molar-refractivity contribution in [2.24, 2.45) is 0 Å². The average molecular weight is 321 g/mol. The van der Waals surface area contributed by atoms with Crippen LogP contribution in [0.1, 0.15) is 0 Å². The molecule has 1 aromatic heterocycles. The summed E-state index contributed by atoms with van der Waals surface area (Å²) in [5.41, 5.74) is 0.745. The van der Waals surface area contributed by atoms with Crippen molar-refractivity contribution in [2.45, 2.75) is 0 Å². The molecular formula is C9H6ClIN2O. The molecule has 0 amide bonds. The second kappa shape index (κ2) is 3.86. The van der Waals surface area contributed by atoms with Crippen LogP contribution >= 0.6 is 34.2 Å². The van der Waals surface area contributed by atoms with E-state index in [1.165, 1.54) is 0 Å². The largest absolute Gasteiger partial charge is 0.496 e. The number of rotatable bonds is 1. The lowest BCUT2D eigenvalue weighted by Gasteiger charge is -2.05. The van der Waals surface area contributed by atoms with Gasteiger partial charge in [-0.25, -0.2) is 0 Å². The van der Waals surface area contributed by atoms with Gasteiger partial charge in [0, 0.05) is 0 Å². The normalized spacial score (nSPS) is 10.5. The van der Waals surface area contributed by atoms with Crippen LogP contribution < -0.4 is 4.74 Å². The van der Waals surface area contributed by atoms with Gasteiger partial charge in [-0.3, -0.25) is 0 Å². The molecule has 0 bridgehead atoms. The molecule has 0 spiro atoms. The van der Waals surface area contributed by atoms with Gasteiger partial charge in [-0.2, -0.15) is 0 Å². The summed E-state index contributed by atoms with van der Waals surface area (Å²) >= 11 is 8.16. The van der Waals surface area contributed by atoms with Gasteiger partial charge in [0.1, 0.15) is 9.45 Å². The van der Waals surface area contributed by atoms with E-state index >= 15 is 0 Å². The number of ether oxygens (including phenoxy) is 1. The number of aromatic nitrogens is 2. The van der Waals surface area contributed by atoms with Crippen molar-refractivity contribution >= 4 is 45.1 Å². The standard InChI is InChI=1S/C9H6ClIN2O/c1-14-6-4-2-3-5-7(6)8(10)9(11)13-12-5/h2-4H,1H3. The Morgan fingerprint density at radius 3 is 2.86 bits per heavy atom. The first-order valence-corrected chi connectivity index (χ1v) is 5.34.